The predicted molar refractivity (Wildman–Crippen MR) is 55.4 cm³/mol. The van der Waals surface area contributed by atoms with Crippen LogP contribution in [0.15, 0.2) is 28.0 Å². The number of aryl methyl sites for hydroxylation is 1. The SMILES string of the molecule is Cc1cnc(-c2ccnc(S(C)(=O)=O)n2)o1. The monoisotopic (exact) mass is 239 g/mol. The van der Waals surface area contributed by atoms with Gasteiger partial charge in [-0.25, -0.2) is 23.4 Å². The Morgan fingerprint density at radius 3 is 2.62 bits per heavy atom. The third-order valence-corrected chi connectivity index (χ3v) is 2.67. The summed E-state index contributed by atoms with van der Waals surface area (Å²) in [6.45, 7) is 1.75. The molecule has 0 fully saturated rings. The summed E-state index contributed by atoms with van der Waals surface area (Å²) in [5.74, 6) is 0.916. The smallest absolute Gasteiger partial charge is 0.247 e. The van der Waals surface area contributed by atoms with Gasteiger partial charge in [-0.1, -0.05) is 0 Å². The Labute approximate surface area is 92.3 Å². The second kappa shape index (κ2) is 3.67. The molecule has 2 aromatic heterocycles. The molecule has 2 rings (SSSR count). The molecule has 6 nitrogen and oxygen atoms in total. The highest BCUT2D eigenvalue weighted by molar-refractivity contribution is 7.90. The van der Waals surface area contributed by atoms with Crippen LogP contribution >= 0.6 is 0 Å². The third kappa shape index (κ3) is 2.08. The molecule has 0 unspecified atom stereocenters. The molecule has 16 heavy (non-hydrogen) atoms. The molecule has 0 bridgehead atoms. The van der Waals surface area contributed by atoms with Crippen molar-refractivity contribution in [3.05, 3.63) is 24.2 Å². The molecule has 0 aromatic carbocycles. The molecule has 0 saturated carbocycles. The number of rotatable bonds is 2. The maximum atomic E-state index is 11.2. The van der Waals surface area contributed by atoms with Crippen LogP contribution in [0.1, 0.15) is 5.76 Å². The minimum atomic E-state index is -3.42. The summed E-state index contributed by atoms with van der Waals surface area (Å²) in [6, 6.07) is 1.54. The van der Waals surface area contributed by atoms with Gasteiger partial charge in [-0.3, -0.25) is 0 Å². The van der Waals surface area contributed by atoms with Gasteiger partial charge in [0, 0.05) is 12.5 Å². The fourth-order valence-corrected chi connectivity index (χ4v) is 1.63. The average Bonchev–Trinajstić information content (AvgIpc) is 2.64. The number of hydrogen-bond donors (Lipinski definition) is 0. The minimum Gasteiger partial charge on any atom is -0.440 e. The number of oxazole rings is 1. The van der Waals surface area contributed by atoms with E-state index in [0.717, 1.165) is 6.26 Å². The van der Waals surface area contributed by atoms with Crippen LogP contribution in [0, 0.1) is 6.92 Å². The highest BCUT2D eigenvalue weighted by atomic mass is 32.2. The van der Waals surface area contributed by atoms with Crippen molar-refractivity contribution in [3.63, 3.8) is 0 Å². The quantitative estimate of drug-likeness (QED) is 0.722. The van der Waals surface area contributed by atoms with Crippen molar-refractivity contribution in [2.45, 2.75) is 12.1 Å². The first-order valence-corrected chi connectivity index (χ1v) is 6.32. The Hall–Kier alpha value is -1.76. The highest BCUT2D eigenvalue weighted by Crippen LogP contribution is 2.16. The zero-order valence-electron chi connectivity index (χ0n) is 8.71. The molecule has 0 aliphatic heterocycles. The summed E-state index contributed by atoms with van der Waals surface area (Å²) < 4.78 is 27.7. The second-order valence-corrected chi connectivity index (χ2v) is 5.18. The highest BCUT2D eigenvalue weighted by Gasteiger charge is 2.14. The molecule has 2 heterocycles. The first-order valence-electron chi connectivity index (χ1n) is 4.43. The van der Waals surface area contributed by atoms with Crippen molar-refractivity contribution < 1.29 is 12.8 Å². The maximum Gasteiger partial charge on any atom is 0.247 e. The van der Waals surface area contributed by atoms with E-state index in [2.05, 4.69) is 15.0 Å². The molecule has 0 amide bonds. The lowest BCUT2D eigenvalue weighted by Crippen LogP contribution is -2.04. The van der Waals surface area contributed by atoms with E-state index in [1.165, 1.54) is 12.4 Å². The lowest BCUT2D eigenvalue weighted by molar-refractivity contribution is 0.539. The van der Waals surface area contributed by atoms with Crippen molar-refractivity contribution in [1.82, 2.24) is 15.0 Å². The number of sulfone groups is 1. The van der Waals surface area contributed by atoms with E-state index in [4.69, 9.17) is 4.42 Å². The molecule has 7 heteroatoms. The van der Waals surface area contributed by atoms with Crippen LogP contribution in [0.25, 0.3) is 11.6 Å². The summed E-state index contributed by atoms with van der Waals surface area (Å²) in [6.07, 6.45) is 3.95. The summed E-state index contributed by atoms with van der Waals surface area (Å²) in [5.41, 5.74) is 0.350. The van der Waals surface area contributed by atoms with Crippen molar-refractivity contribution in [1.29, 1.82) is 0 Å². The molecule has 0 aliphatic carbocycles. The van der Waals surface area contributed by atoms with Gasteiger partial charge in [-0.2, -0.15) is 0 Å². The predicted octanol–water partition coefficient (Wildman–Crippen LogP) is 0.844. The largest absolute Gasteiger partial charge is 0.440 e. The lowest BCUT2D eigenvalue weighted by Gasteiger charge is -1.98. The van der Waals surface area contributed by atoms with Crippen LogP contribution in [0.3, 0.4) is 0 Å². The van der Waals surface area contributed by atoms with E-state index in [1.807, 2.05) is 0 Å². The van der Waals surface area contributed by atoms with Crippen molar-refractivity contribution in [3.8, 4) is 11.6 Å². The zero-order chi connectivity index (χ0) is 11.8. The van der Waals surface area contributed by atoms with Crippen molar-refractivity contribution in [2.75, 3.05) is 6.26 Å². The summed E-state index contributed by atoms with van der Waals surface area (Å²) in [7, 11) is -3.42. The van der Waals surface area contributed by atoms with Gasteiger partial charge in [0.05, 0.1) is 6.20 Å². The molecule has 2 aromatic rings. The Kier molecular flexibility index (Phi) is 2.47. The second-order valence-electron chi connectivity index (χ2n) is 3.27. The molecular formula is C9H9N3O3S. The summed E-state index contributed by atoms with van der Waals surface area (Å²) in [5, 5.41) is -0.235. The molecule has 0 spiro atoms. The normalized spacial score (nSPS) is 11.6. The van der Waals surface area contributed by atoms with Gasteiger partial charge in [0.2, 0.25) is 20.9 Å². The Bertz CT molecular complexity index is 618. The molecule has 0 saturated heterocycles. The van der Waals surface area contributed by atoms with Gasteiger partial charge in [-0.05, 0) is 13.0 Å². The van der Waals surface area contributed by atoms with Crippen LogP contribution in [0.2, 0.25) is 0 Å². The maximum absolute atomic E-state index is 11.2. The number of nitrogens with zero attached hydrogens (tertiary/aromatic N) is 3. The average molecular weight is 239 g/mol. The lowest BCUT2D eigenvalue weighted by atomic mass is 10.4. The van der Waals surface area contributed by atoms with Gasteiger partial charge in [0.25, 0.3) is 0 Å². The fourth-order valence-electron chi connectivity index (χ4n) is 1.11. The van der Waals surface area contributed by atoms with E-state index < -0.39 is 9.84 Å². The van der Waals surface area contributed by atoms with Gasteiger partial charge < -0.3 is 4.42 Å². The van der Waals surface area contributed by atoms with E-state index >= 15 is 0 Å². The topological polar surface area (TPSA) is 86.0 Å². The minimum absolute atomic E-state index is 0.235. The van der Waals surface area contributed by atoms with Gasteiger partial charge in [0.1, 0.15) is 11.5 Å². The van der Waals surface area contributed by atoms with Crippen LogP contribution in [0.5, 0.6) is 0 Å². The first-order chi connectivity index (χ1) is 7.47. The Morgan fingerprint density at radius 1 is 1.31 bits per heavy atom. The molecule has 0 N–H and O–H groups in total. The summed E-state index contributed by atoms with van der Waals surface area (Å²) >= 11 is 0. The van der Waals surface area contributed by atoms with Gasteiger partial charge >= 0.3 is 0 Å². The summed E-state index contributed by atoms with van der Waals surface area (Å²) in [4.78, 5) is 11.5. The Morgan fingerprint density at radius 2 is 2.06 bits per heavy atom. The van der Waals surface area contributed by atoms with Crippen LogP contribution in [0.4, 0.5) is 0 Å². The third-order valence-electron chi connectivity index (χ3n) is 1.81. The van der Waals surface area contributed by atoms with Gasteiger partial charge in [-0.15, -0.1) is 0 Å². The van der Waals surface area contributed by atoms with Crippen molar-refractivity contribution >= 4 is 9.84 Å². The molecule has 0 radical (unpaired) electrons. The number of aromatic nitrogens is 3. The molecule has 0 atom stereocenters. The van der Waals surface area contributed by atoms with E-state index in [9.17, 15) is 8.42 Å². The molecular weight excluding hydrogens is 230 g/mol. The van der Waals surface area contributed by atoms with Crippen molar-refractivity contribution in [2.24, 2.45) is 0 Å². The van der Waals surface area contributed by atoms with E-state index in [1.54, 1.807) is 13.0 Å². The van der Waals surface area contributed by atoms with E-state index in [0.29, 0.717) is 11.5 Å². The Balaban J connectivity index is 2.52. The standard InChI is InChI=1S/C9H9N3O3S/c1-6-5-11-8(15-6)7-3-4-10-9(12-7)16(2,13)14/h3-5H,1-2H3. The van der Waals surface area contributed by atoms with Crippen LogP contribution < -0.4 is 0 Å². The van der Waals surface area contributed by atoms with Crippen LogP contribution in [-0.2, 0) is 9.84 Å². The zero-order valence-corrected chi connectivity index (χ0v) is 9.52. The number of hydrogen-bond acceptors (Lipinski definition) is 6. The van der Waals surface area contributed by atoms with E-state index in [-0.39, 0.29) is 11.0 Å². The first kappa shape index (κ1) is 10.7. The fraction of sp³-hybridized carbons (Fsp3) is 0.222. The van der Waals surface area contributed by atoms with Crippen LogP contribution in [-0.4, -0.2) is 29.6 Å². The molecule has 84 valence electrons. The molecule has 0 aliphatic rings. The van der Waals surface area contributed by atoms with Gasteiger partial charge in [0.15, 0.2) is 0 Å².